The number of aryl methyl sites for hydroxylation is 1. The molecule has 0 bridgehead atoms. The topological polar surface area (TPSA) is 61.8 Å². The highest BCUT2D eigenvalue weighted by Crippen LogP contribution is 2.17. The molecule has 1 aromatic rings. The number of ether oxygens (including phenoxy) is 3. The summed E-state index contributed by atoms with van der Waals surface area (Å²) < 4.78 is 14.6. The van der Waals surface area contributed by atoms with E-state index in [4.69, 9.17) is 9.47 Å². The van der Waals surface area contributed by atoms with Gasteiger partial charge in [-0.3, -0.25) is 0 Å². The molecule has 0 unspecified atom stereocenters. The molecule has 0 atom stereocenters. The van der Waals surface area contributed by atoms with Crippen molar-refractivity contribution in [1.82, 2.24) is 0 Å². The fourth-order valence-corrected chi connectivity index (χ4v) is 1.41. The second kappa shape index (κ2) is 6.64. The first kappa shape index (κ1) is 14.0. The molecule has 0 saturated heterocycles. The predicted molar refractivity (Wildman–Crippen MR) is 64.6 cm³/mol. The fourth-order valence-electron chi connectivity index (χ4n) is 1.41. The van der Waals surface area contributed by atoms with Gasteiger partial charge in [0.1, 0.15) is 5.75 Å². The van der Waals surface area contributed by atoms with E-state index in [2.05, 4.69) is 4.74 Å². The van der Waals surface area contributed by atoms with Crippen LogP contribution in [-0.4, -0.2) is 32.3 Å². The van der Waals surface area contributed by atoms with Crippen molar-refractivity contribution in [3.8, 4) is 5.75 Å². The Morgan fingerprint density at radius 3 is 2.56 bits per heavy atom. The Hall–Kier alpha value is -2.04. The van der Waals surface area contributed by atoms with E-state index in [-0.39, 0.29) is 6.61 Å². The van der Waals surface area contributed by atoms with E-state index in [1.165, 1.54) is 7.11 Å². The highest BCUT2D eigenvalue weighted by Gasteiger charge is 2.10. The van der Waals surface area contributed by atoms with Crippen molar-refractivity contribution in [3.05, 3.63) is 29.3 Å². The van der Waals surface area contributed by atoms with Crippen LogP contribution in [0.1, 0.15) is 22.8 Å². The van der Waals surface area contributed by atoms with E-state index in [0.717, 1.165) is 5.56 Å². The third-order valence-electron chi connectivity index (χ3n) is 2.27. The molecule has 0 N–H and O–H groups in total. The van der Waals surface area contributed by atoms with Crippen LogP contribution >= 0.6 is 0 Å². The molecule has 0 fully saturated rings. The maximum atomic E-state index is 11.4. The number of esters is 2. The Bertz CT molecular complexity index is 439. The quantitative estimate of drug-likeness (QED) is 0.747. The lowest BCUT2D eigenvalue weighted by molar-refractivity contribution is -0.145. The molecule has 0 aliphatic heterocycles. The van der Waals surface area contributed by atoms with Crippen LogP contribution in [-0.2, 0) is 14.3 Å². The Kier molecular flexibility index (Phi) is 5.17. The molecule has 18 heavy (non-hydrogen) atoms. The summed E-state index contributed by atoms with van der Waals surface area (Å²) in [6.45, 7) is 3.67. The highest BCUT2D eigenvalue weighted by molar-refractivity contribution is 5.91. The Morgan fingerprint density at radius 2 is 2.00 bits per heavy atom. The molecular weight excluding hydrogens is 236 g/mol. The summed E-state index contributed by atoms with van der Waals surface area (Å²) in [6, 6.07) is 4.88. The highest BCUT2D eigenvalue weighted by atomic mass is 16.6. The molecule has 5 heteroatoms. The fraction of sp³-hybridized carbons (Fsp3) is 0.385. The molecule has 1 aromatic carbocycles. The maximum absolute atomic E-state index is 11.4. The van der Waals surface area contributed by atoms with Crippen LogP contribution in [0, 0.1) is 6.92 Å². The third-order valence-corrected chi connectivity index (χ3v) is 2.27. The van der Waals surface area contributed by atoms with E-state index in [1.807, 2.05) is 0 Å². The van der Waals surface area contributed by atoms with Crippen LogP contribution in [0.2, 0.25) is 0 Å². The van der Waals surface area contributed by atoms with Gasteiger partial charge < -0.3 is 14.2 Å². The number of carbonyl (C=O) groups excluding carboxylic acids is 2. The molecule has 0 aliphatic carbocycles. The molecule has 0 radical (unpaired) electrons. The van der Waals surface area contributed by atoms with Crippen LogP contribution in [0.25, 0.3) is 0 Å². The molecule has 0 saturated carbocycles. The van der Waals surface area contributed by atoms with Gasteiger partial charge in [-0.25, -0.2) is 9.59 Å². The second-order valence-electron chi connectivity index (χ2n) is 3.56. The van der Waals surface area contributed by atoms with Crippen molar-refractivity contribution in [2.45, 2.75) is 13.8 Å². The Morgan fingerprint density at radius 1 is 1.28 bits per heavy atom. The summed E-state index contributed by atoms with van der Waals surface area (Å²) in [6.07, 6.45) is 0. The summed E-state index contributed by atoms with van der Waals surface area (Å²) in [5, 5.41) is 0. The first-order valence-corrected chi connectivity index (χ1v) is 5.55. The van der Waals surface area contributed by atoms with Crippen LogP contribution in [0.4, 0.5) is 0 Å². The molecule has 0 aromatic heterocycles. The zero-order valence-corrected chi connectivity index (χ0v) is 10.7. The van der Waals surface area contributed by atoms with Crippen molar-refractivity contribution < 1.29 is 23.8 Å². The lowest BCUT2D eigenvalue weighted by Crippen LogP contribution is -2.14. The van der Waals surface area contributed by atoms with Gasteiger partial charge in [-0.1, -0.05) is 0 Å². The monoisotopic (exact) mass is 252 g/mol. The molecule has 1 rings (SSSR count). The van der Waals surface area contributed by atoms with Gasteiger partial charge >= 0.3 is 11.9 Å². The van der Waals surface area contributed by atoms with Gasteiger partial charge in [0, 0.05) is 0 Å². The molecule has 0 heterocycles. The van der Waals surface area contributed by atoms with Crippen molar-refractivity contribution in [1.29, 1.82) is 0 Å². The number of hydrogen-bond acceptors (Lipinski definition) is 5. The molecular formula is C13H16O5. The van der Waals surface area contributed by atoms with E-state index >= 15 is 0 Å². The number of rotatable bonds is 5. The predicted octanol–water partition coefficient (Wildman–Crippen LogP) is 1.72. The average molecular weight is 252 g/mol. The largest absolute Gasteiger partial charge is 0.482 e. The first-order chi connectivity index (χ1) is 8.58. The van der Waals surface area contributed by atoms with E-state index in [1.54, 1.807) is 32.0 Å². The van der Waals surface area contributed by atoms with E-state index in [9.17, 15) is 9.59 Å². The third kappa shape index (κ3) is 3.76. The standard InChI is InChI=1S/C13H16O5/c1-4-17-12(14)8-18-10-5-6-11(9(2)7-10)13(15)16-3/h5-7H,4,8H2,1-3H3. The first-order valence-electron chi connectivity index (χ1n) is 5.55. The van der Waals surface area contributed by atoms with Crippen LogP contribution in [0.5, 0.6) is 5.75 Å². The minimum atomic E-state index is -0.424. The molecule has 0 amide bonds. The van der Waals surface area contributed by atoms with Gasteiger partial charge in [0.25, 0.3) is 0 Å². The summed E-state index contributed by atoms with van der Waals surface area (Å²) in [7, 11) is 1.33. The molecule has 5 nitrogen and oxygen atoms in total. The van der Waals surface area contributed by atoms with E-state index in [0.29, 0.717) is 17.9 Å². The summed E-state index contributed by atoms with van der Waals surface area (Å²) in [5.74, 6) is -0.315. The molecule has 0 spiro atoms. The smallest absolute Gasteiger partial charge is 0.344 e. The number of methoxy groups -OCH3 is 1. The maximum Gasteiger partial charge on any atom is 0.344 e. The van der Waals surface area contributed by atoms with Gasteiger partial charge in [-0.15, -0.1) is 0 Å². The summed E-state index contributed by atoms with van der Waals surface area (Å²) in [4.78, 5) is 22.5. The number of benzene rings is 1. The van der Waals surface area contributed by atoms with Crippen molar-refractivity contribution in [3.63, 3.8) is 0 Å². The van der Waals surface area contributed by atoms with Crippen molar-refractivity contribution in [2.75, 3.05) is 20.3 Å². The van der Waals surface area contributed by atoms with Gasteiger partial charge in [-0.2, -0.15) is 0 Å². The number of hydrogen-bond donors (Lipinski definition) is 0. The second-order valence-corrected chi connectivity index (χ2v) is 3.56. The summed E-state index contributed by atoms with van der Waals surface area (Å²) >= 11 is 0. The van der Waals surface area contributed by atoms with Crippen LogP contribution < -0.4 is 4.74 Å². The molecule has 0 aliphatic rings. The zero-order valence-electron chi connectivity index (χ0n) is 10.7. The lowest BCUT2D eigenvalue weighted by Gasteiger charge is -2.08. The summed E-state index contributed by atoms with van der Waals surface area (Å²) in [5.41, 5.74) is 1.20. The van der Waals surface area contributed by atoms with Gasteiger partial charge in [0.2, 0.25) is 0 Å². The van der Waals surface area contributed by atoms with Crippen molar-refractivity contribution in [2.24, 2.45) is 0 Å². The van der Waals surface area contributed by atoms with Gasteiger partial charge in [0.15, 0.2) is 6.61 Å². The zero-order chi connectivity index (χ0) is 13.5. The lowest BCUT2D eigenvalue weighted by atomic mass is 10.1. The van der Waals surface area contributed by atoms with E-state index < -0.39 is 11.9 Å². The Balaban J connectivity index is 2.67. The van der Waals surface area contributed by atoms with Gasteiger partial charge in [-0.05, 0) is 37.6 Å². The Labute approximate surface area is 106 Å². The minimum absolute atomic E-state index is 0.148. The van der Waals surface area contributed by atoms with Crippen molar-refractivity contribution >= 4 is 11.9 Å². The molecule has 98 valence electrons. The normalized spacial score (nSPS) is 9.72. The minimum Gasteiger partial charge on any atom is -0.482 e. The van der Waals surface area contributed by atoms with Gasteiger partial charge in [0.05, 0.1) is 19.3 Å². The number of carbonyl (C=O) groups is 2. The SMILES string of the molecule is CCOC(=O)COc1ccc(C(=O)OC)c(C)c1. The van der Waals surface area contributed by atoms with Crippen LogP contribution in [0.15, 0.2) is 18.2 Å². The van der Waals surface area contributed by atoms with Crippen LogP contribution in [0.3, 0.4) is 0 Å². The average Bonchev–Trinajstić information content (AvgIpc) is 2.36.